The second kappa shape index (κ2) is 6.21. The molecule has 0 aromatic heterocycles. The highest BCUT2D eigenvalue weighted by Gasteiger charge is 2.12. The molecule has 0 radical (unpaired) electrons. The minimum Gasteiger partial charge on any atom is -0.478 e. The first-order valence-corrected chi connectivity index (χ1v) is 5.12. The molecular formula is C13H10O6. The van der Waals surface area contributed by atoms with Crippen LogP contribution in [0.3, 0.4) is 0 Å². The summed E-state index contributed by atoms with van der Waals surface area (Å²) in [6.07, 6.45) is -0.170. The molecule has 1 aromatic carbocycles. The van der Waals surface area contributed by atoms with Gasteiger partial charge in [-0.2, -0.15) is 0 Å². The number of rotatable bonds is 3. The minimum atomic E-state index is -1.29. The Morgan fingerprint density at radius 2 is 1.89 bits per heavy atom. The van der Waals surface area contributed by atoms with Gasteiger partial charge in [0.1, 0.15) is 6.42 Å². The van der Waals surface area contributed by atoms with Crippen molar-refractivity contribution in [1.29, 1.82) is 0 Å². The third-order valence-electron chi connectivity index (χ3n) is 2.18. The van der Waals surface area contributed by atoms with Crippen LogP contribution in [0.2, 0.25) is 0 Å². The number of aromatic carboxylic acids is 2. The van der Waals surface area contributed by atoms with Crippen LogP contribution in [0.1, 0.15) is 32.7 Å². The van der Waals surface area contributed by atoms with E-state index in [1.54, 1.807) is 0 Å². The summed E-state index contributed by atoms with van der Waals surface area (Å²) < 4.78 is 4.38. The number of carbonyl (C=O) groups is 3. The standard InChI is InChI=1S/C13H10O6/c1-19-11(14)4-2-3-8-5-6-9(12(15)16)7-10(8)13(17)18/h5-7H,4H2,1H3,(H,15,16)(H,17,18). The van der Waals surface area contributed by atoms with Crippen molar-refractivity contribution in [3.8, 4) is 11.8 Å². The third kappa shape index (κ3) is 3.85. The number of hydrogen-bond acceptors (Lipinski definition) is 4. The van der Waals surface area contributed by atoms with Crippen molar-refractivity contribution in [2.75, 3.05) is 7.11 Å². The van der Waals surface area contributed by atoms with E-state index < -0.39 is 17.9 Å². The molecule has 0 atom stereocenters. The fourth-order valence-electron chi connectivity index (χ4n) is 1.25. The number of benzene rings is 1. The van der Waals surface area contributed by atoms with Crippen LogP contribution < -0.4 is 0 Å². The monoisotopic (exact) mass is 262 g/mol. The summed E-state index contributed by atoms with van der Waals surface area (Å²) in [7, 11) is 1.22. The van der Waals surface area contributed by atoms with Gasteiger partial charge >= 0.3 is 17.9 Å². The Morgan fingerprint density at radius 3 is 2.42 bits per heavy atom. The van der Waals surface area contributed by atoms with Crippen LogP contribution in [-0.2, 0) is 9.53 Å². The summed E-state index contributed by atoms with van der Waals surface area (Å²) in [4.78, 5) is 32.6. The van der Waals surface area contributed by atoms with Gasteiger partial charge in [0.25, 0.3) is 0 Å². The minimum absolute atomic E-state index is 0.140. The molecule has 0 amide bonds. The lowest BCUT2D eigenvalue weighted by atomic mass is 10.0. The van der Waals surface area contributed by atoms with Gasteiger partial charge in [0.05, 0.1) is 18.2 Å². The van der Waals surface area contributed by atoms with Crippen molar-refractivity contribution in [3.05, 3.63) is 34.9 Å². The maximum Gasteiger partial charge on any atom is 0.336 e. The fourth-order valence-corrected chi connectivity index (χ4v) is 1.25. The molecule has 0 aliphatic heterocycles. The predicted molar refractivity (Wildman–Crippen MR) is 63.9 cm³/mol. The van der Waals surface area contributed by atoms with Crippen molar-refractivity contribution in [1.82, 2.24) is 0 Å². The molecule has 2 N–H and O–H groups in total. The van der Waals surface area contributed by atoms with Crippen molar-refractivity contribution in [3.63, 3.8) is 0 Å². The van der Waals surface area contributed by atoms with Gasteiger partial charge in [-0.25, -0.2) is 9.59 Å². The summed E-state index contributed by atoms with van der Waals surface area (Å²) in [6.45, 7) is 0. The molecule has 0 heterocycles. The lowest BCUT2D eigenvalue weighted by Gasteiger charge is -2.01. The van der Waals surface area contributed by atoms with Crippen LogP contribution in [-0.4, -0.2) is 35.2 Å². The number of ether oxygens (including phenoxy) is 1. The Morgan fingerprint density at radius 1 is 1.21 bits per heavy atom. The number of carboxylic acid groups (broad SMARTS) is 2. The molecule has 0 aliphatic rings. The zero-order valence-corrected chi connectivity index (χ0v) is 9.97. The van der Waals surface area contributed by atoms with Gasteiger partial charge in [0, 0.05) is 5.56 Å². The molecule has 0 saturated carbocycles. The molecule has 19 heavy (non-hydrogen) atoms. The van der Waals surface area contributed by atoms with E-state index in [9.17, 15) is 14.4 Å². The Kier molecular flexibility index (Phi) is 4.66. The van der Waals surface area contributed by atoms with Crippen LogP contribution in [0.5, 0.6) is 0 Å². The molecule has 6 heteroatoms. The third-order valence-corrected chi connectivity index (χ3v) is 2.18. The summed E-state index contributed by atoms with van der Waals surface area (Å²) >= 11 is 0. The molecule has 0 saturated heterocycles. The second-order valence-electron chi connectivity index (χ2n) is 3.43. The smallest absolute Gasteiger partial charge is 0.336 e. The second-order valence-corrected chi connectivity index (χ2v) is 3.43. The van der Waals surface area contributed by atoms with Gasteiger partial charge in [0.15, 0.2) is 0 Å². The highest BCUT2D eigenvalue weighted by atomic mass is 16.5. The van der Waals surface area contributed by atoms with Crippen LogP contribution in [0.15, 0.2) is 18.2 Å². The van der Waals surface area contributed by atoms with E-state index in [0.717, 1.165) is 6.07 Å². The van der Waals surface area contributed by atoms with E-state index in [1.165, 1.54) is 19.2 Å². The van der Waals surface area contributed by atoms with Gasteiger partial charge < -0.3 is 14.9 Å². The van der Waals surface area contributed by atoms with E-state index in [2.05, 4.69) is 16.6 Å². The normalized spacial score (nSPS) is 9.11. The van der Waals surface area contributed by atoms with E-state index in [-0.39, 0.29) is 23.1 Å². The summed E-state index contributed by atoms with van der Waals surface area (Å²) in [5, 5.41) is 17.7. The number of hydrogen-bond donors (Lipinski definition) is 2. The van der Waals surface area contributed by atoms with E-state index in [1.807, 2.05) is 0 Å². The Bertz CT molecular complexity index is 591. The van der Waals surface area contributed by atoms with Crippen LogP contribution in [0.4, 0.5) is 0 Å². The van der Waals surface area contributed by atoms with Crippen LogP contribution in [0.25, 0.3) is 0 Å². The number of esters is 1. The highest BCUT2D eigenvalue weighted by molar-refractivity contribution is 5.95. The van der Waals surface area contributed by atoms with Crippen molar-refractivity contribution < 1.29 is 29.3 Å². The molecule has 6 nitrogen and oxygen atoms in total. The van der Waals surface area contributed by atoms with Crippen LogP contribution >= 0.6 is 0 Å². The van der Waals surface area contributed by atoms with Crippen LogP contribution in [0, 0.1) is 11.8 Å². The number of carbonyl (C=O) groups excluding carboxylic acids is 1. The van der Waals surface area contributed by atoms with Gasteiger partial charge in [-0.1, -0.05) is 11.8 Å². The predicted octanol–water partition coefficient (Wildman–Crippen LogP) is 0.998. The molecule has 0 unspecified atom stereocenters. The molecule has 98 valence electrons. The van der Waals surface area contributed by atoms with Gasteiger partial charge in [0.2, 0.25) is 0 Å². The number of methoxy groups -OCH3 is 1. The molecule has 0 spiro atoms. The molecule has 0 aliphatic carbocycles. The summed E-state index contributed by atoms with van der Waals surface area (Å²) in [6, 6.07) is 3.56. The first kappa shape index (κ1) is 14.3. The fraction of sp³-hybridized carbons (Fsp3) is 0.154. The number of carboxylic acids is 2. The van der Waals surface area contributed by atoms with Crippen molar-refractivity contribution in [2.45, 2.75) is 6.42 Å². The molecule has 1 aromatic rings. The Labute approximate surface area is 108 Å². The molecule has 1 rings (SSSR count). The van der Waals surface area contributed by atoms with E-state index in [0.29, 0.717) is 0 Å². The zero-order chi connectivity index (χ0) is 14.4. The van der Waals surface area contributed by atoms with Crippen molar-refractivity contribution >= 4 is 17.9 Å². The lowest BCUT2D eigenvalue weighted by Crippen LogP contribution is -2.04. The van der Waals surface area contributed by atoms with Crippen molar-refractivity contribution in [2.24, 2.45) is 0 Å². The maximum atomic E-state index is 11.0. The van der Waals surface area contributed by atoms with Gasteiger partial charge in [-0.05, 0) is 18.2 Å². The first-order valence-electron chi connectivity index (χ1n) is 5.12. The lowest BCUT2D eigenvalue weighted by molar-refractivity contribution is -0.139. The zero-order valence-electron chi connectivity index (χ0n) is 9.97. The Balaban J connectivity index is 3.10. The first-order chi connectivity index (χ1) is 8.95. The van der Waals surface area contributed by atoms with E-state index >= 15 is 0 Å². The van der Waals surface area contributed by atoms with E-state index in [4.69, 9.17) is 10.2 Å². The molecule has 0 bridgehead atoms. The van der Waals surface area contributed by atoms with Gasteiger partial charge in [-0.15, -0.1) is 0 Å². The average molecular weight is 262 g/mol. The molecular weight excluding hydrogens is 252 g/mol. The quantitative estimate of drug-likeness (QED) is 0.622. The highest BCUT2D eigenvalue weighted by Crippen LogP contribution is 2.11. The maximum absolute atomic E-state index is 11.0. The van der Waals surface area contributed by atoms with Gasteiger partial charge in [-0.3, -0.25) is 4.79 Å². The summed E-state index contributed by atoms with van der Waals surface area (Å²) in [5.41, 5.74) is -0.227. The molecule has 0 fully saturated rings. The SMILES string of the molecule is COC(=O)CC#Cc1ccc(C(=O)O)cc1C(=O)O. The summed E-state index contributed by atoms with van der Waals surface area (Å²) in [5.74, 6) is 1.91. The average Bonchev–Trinajstić information content (AvgIpc) is 2.38. The topological polar surface area (TPSA) is 101 Å². The largest absolute Gasteiger partial charge is 0.478 e. The Hall–Kier alpha value is -2.81.